The second-order valence-electron chi connectivity index (χ2n) is 8.85. The van der Waals surface area contributed by atoms with Crippen LogP contribution < -0.4 is 9.64 Å². The maximum atomic E-state index is 13.2. The molecular weight excluding hydrogens is 402 g/mol. The zero-order valence-corrected chi connectivity index (χ0v) is 18.9. The van der Waals surface area contributed by atoms with Crippen molar-refractivity contribution >= 4 is 22.6 Å². The molecule has 0 spiro atoms. The van der Waals surface area contributed by atoms with Gasteiger partial charge in [0.25, 0.3) is 5.91 Å². The van der Waals surface area contributed by atoms with E-state index in [1.54, 1.807) is 7.11 Å². The van der Waals surface area contributed by atoms with Gasteiger partial charge in [-0.3, -0.25) is 9.69 Å². The summed E-state index contributed by atoms with van der Waals surface area (Å²) >= 11 is 0. The van der Waals surface area contributed by atoms with E-state index in [1.165, 1.54) is 5.69 Å². The molecule has 0 radical (unpaired) electrons. The molecule has 0 aliphatic carbocycles. The standard InChI is InChI=1S/C26H31N3O3/c1-19-16-21-17-20(9-10-24(21)32-19)26(30)29-11-5-6-22(18-29)27-12-14-28(15-13-27)23-7-3-4-8-25(23)31-2/h3-4,7-10,16-17,22H,5-6,11-15,18H2,1-2H3. The minimum atomic E-state index is 0.128. The summed E-state index contributed by atoms with van der Waals surface area (Å²) in [6.45, 7) is 7.53. The molecule has 3 aromatic rings. The predicted molar refractivity (Wildman–Crippen MR) is 127 cm³/mol. The Hall–Kier alpha value is -2.99. The van der Waals surface area contributed by atoms with Crippen molar-refractivity contribution in [1.29, 1.82) is 0 Å². The molecule has 2 aliphatic heterocycles. The van der Waals surface area contributed by atoms with E-state index in [-0.39, 0.29) is 5.91 Å². The number of anilines is 1. The van der Waals surface area contributed by atoms with Crippen molar-refractivity contribution in [2.75, 3.05) is 51.3 Å². The number of benzene rings is 2. The Bertz CT molecular complexity index is 1100. The molecule has 0 N–H and O–H groups in total. The number of nitrogens with zero attached hydrogens (tertiary/aromatic N) is 3. The average Bonchev–Trinajstić information content (AvgIpc) is 3.23. The van der Waals surface area contributed by atoms with Crippen LogP contribution in [0, 0.1) is 6.92 Å². The first-order valence-corrected chi connectivity index (χ1v) is 11.5. The number of ether oxygens (including phenoxy) is 1. The molecule has 2 aromatic carbocycles. The van der Waals surface area contributed by atoms with E-state index in [1.807, 2.05) is 48.2 Å². The summed E-state index contributed by atoms with van der Waals surface area (Å²) < 4.78 is 11.2. The van der Waals surface area contributed by atoms with Gasteiger partial charge in [-0.25, -0.2) is 0 Å². The minimum Gasteiger partial charge on any atom is -0.495 e. The molecule has 2 saturated heterocycles. The molecule has 0 saturated carbocycles. The van der Waals surface area contributed by atoms with Crippen LogP contribution in [-0.4, -0.2) is 68.1 Å². The number of methoxy groups -OCH3 is 1. The van der Waals surface area contributed by atoms with Crippen LogP contribution in [0.4, 0.5) is 5.69 Å². The van der Waals surface area contributed by atoms with Crippen LogP contribution in [0.2, 0.25) is 0 Å². The maximum Gasteiger partial charge on any atom is 0.253 e. The second-order valence-corrected chi connectivity index (χ2v) is 8.85. The first-order chi connectivity index (χ1) is 15.6. The van der Waals surface area contributed by atoms with Crippen LogP contribution in [0.5, 0.6) is 5.75 Å². The number of piperidine rings is 1. The summed E-state index contributed by atoms with van der Waals surface area (Å²) in [5, 5.41) is 0.995. The molecule has 1 amide bonds. The van der Waals surface area contributed by atoms with Crippen molar-refractivity contribution in [2.45, 2.75) is 25.8 Å². The molecule has 6 heteroatoms. The number of likely N-dealkylation sites (tertiary alicyclic amines) is 1. The lowest BCUT2D eigenvalue weighted by molar-refractivity contribution is 0.0563. The van der Waals surface area contributed by atoms with Crippen molar-refractivity contribution in [2.24, 2.45) is 0 Å². The lowest BCUT2D eigenvalue weighted by Gasteiger charge is -2.44. The topological polar surface area (TPSA) is 49.2 Å². The van der Waals surface area contributed by atoms with Crippen LogP contribution in [0.3, 0.4) is 0 Å². The average molecular weight is 434 g/mol. The summed E-state index contributed by atoms with van der Waals surface area (Å²) in [6.07, 6.45) is 2.20. The van der Waals surface area contributed by atoms with E-state index in [9.17, 15) is 4.79 Å². The van der Waals surface area contributed by atoms with Crippen molar-refractivity contribution in [3.05, 3.63) is 59.9 Å². The Morgan fingerprint density at radius 3 is 2.66 bits per heavy atom. The molecule has 2 aliphatic rings. The summed E-state index contributed by atoms with van der Waals surface area (Å²) in [7, 11) is 1.73. The van der Waals surface area contributed by atoms with Gasteiger partial charge < -0.3 is 19.0 Å². The highest BCUT2D eigenvalue weighted by Crippen LogP contribution is 2.29. The lowest BCUT2D eigenvalue weighted by Crippen LogP contribution is -2.55. The fourth-order valence-electron chi connectivity index (χ4n) is 5.15. The lowest BCUT2D eigenvalue weighted by atomic mass is 10.0. The van der Waals surface area contributed by atoms with Gasteiger partial charge in [-0.2, -0.15) is 0 Å². The number of carbonyl (C=O) groups is 1. The fraction of sp³-hybridized carbons (Fsp3) is 0.423. The molecule has 1 atom stereocenters. The first-order valence-electron chi connectivity index (χ1n) is 11.5. The van der Waals surface area contributed by atoms with Gasteiger partial charge in [0, 0.05) is 56.3 Å². The van der Waals surface area contributed by atoms with E-state index in [2.05, 4.69) is 21.9 Å². The maximum absolute atomic E-state index is 13.2. The van der Waals surface area contributed by atoms with Crippen LogP contribution in [0.1, 0.15) is 29.0 Å². The number of hydrogen-bond donors (Lipinski definition) is 0. The molecule has 3 heterocycles. The number of amides is 1. The number of piperazine rings is 1. The molecule has 6 nitrogen and oxygen atoms in total. The van der Waals surface area contributed by atoms with E-state index >= 15 is 0 Å². The van der Waals surface area contributed by atoms with Gasteiger partial charge in [0.1, 0.15) is 17.1 Å². The van der Waals surface area contributed by atoms with E-state index in [4.69, 9.17) is 9.15 Å². The second kappa shape index (κ2) is 8.87. The molecule has 1 unspecified atom stereocenters. The fourth-order valence-corrected chi connectivity index (χ4v) is 5.15. The number of fused-ring (bicyclic) bond motifs is 1. The molecule has 168 valence electrons. The summed E-state index contributed by atoms with van der Waals surface area (Å²) in [5.41, 5.74) is 2.75. The number of furan rings is 1. The number of carbonyl (C=O) groups excluding carboxylic acids is 1. The zero-order valence-electron chi connectivity index (χ0n) is 18.9. The van der Waals surface area contributed by atoms with E-state index in [0.29, 0.717) is 6.04 Å². The molecular formula is C26H31N3O3. The Morgan fingerprint density at radius 1 is 1.03 bits per heavy atom. The minimum absolute atomic E-state index is 0.128. The van der Waals surface area contributed by atoms with Crippen molar-refractivity contribution < 1.29 is 13.9 Å². The van der Waals surface area contributed by atoms with E-state index < -0.39 is 0 Å². The van der Waals surface area contributed by atoms with Crippen LogP contribution in [0.25, 0.3) is 11.0 Å². The van der Waals surface area contributed by atoms with Gasteiger partial charge in [-0.15, -0.1) is 0 Å². The van der Waals surface area contributed by atoms with E-state index in [0.717, 1.165) is 80.2 Å². The Morgan fingerprint density at radius 2 is 1.84 bits per heavy atom. The number of rotatable bonds is 4. The van der Waals surface area contributed by atoms with Crippen molar-refractivity contribution in [3.8, 4) is 5.75 Å². The molecule has 5 rings (SSSR count). The summed E-state index contributed by atoms with van der Waals surface area (Å²) in [5.74, 6) is 1.93. The third-order valence-electron chi connectivity index (χ3n) is 6.83. The summed E-state index contributed by atoms with van der Waals surface area (Å²) in [4.78, 5) is 20.2. The van der Waals surface area contributed by atoms with Gasteiger partial charge in [-0.1, -0.05) is 12.1 Å². The van der Waals surface area contributed by atoms with Gasteiger partial charge in [0.05, 0.1) is 12.8 Å². The van der Waals surface area contributed by atoms with Crippen molar-refractivity contribution in [1.82, 2.24) is 9.80 Å². The Balaban J connectivity index is 1.23. The largest absolute Gasteiger partial charge is 0.495 e. The number of hydrogen-bond acceptors (Lipinski definition) is 5. The highest BCUT2D eigenvalue weighted by Gasteiger charge is 2.31. The quantitative estimate of drug-likeness (QED) is 0.618. The first kappa shape index (κ1) is 20.9. The van der Waals surface area contributed by atoms with Gasteiger partial charge in [0.2, 0.25) is 0 Å². The normalized spacial score (nSPS) is 20.0. The third kappa shape index (κ3) is 4.07. The van der Waals surface area contributed by atoms with Crippen LogP contribution in [0.15, 0.2) is 52.9 Å². The monoisotopic (exact) mass is 433 g/mol. The Labute approximate surface area is 189 Å². The van der Waals surface area contributed by atoms with Gasteiger partial charge in [-0.05, 0) is 56.2 Å². The molecule has 32 heavy (non-hydrogen) atoms. The third-order valence-corrected chi connectivity index (χ3v) is 6.83. The number of aryl methyl sites for hydroxylation is 1. The van der Waals surface area contributed by atoms with Gasteiger partial charge in [0.15, 0.2) is 0 Å². The highest BCUT2D eigenvalue weighted by atomic mass is 16.5. The van der Waals surface area contributed by atoms with Crippen LogP contribution in [-0.2, 0) is 0 Å². The van der Waals surface area contributed by atoms with Crippen molar-refractivity contribution in [3.63, 3.8) is 0 Å². The Kier molecular flexibility index (Phi) is 5.79. The van der Waals surface area contributed by atoms with Crippen LogP contribution >= 0.6 is 0 Å². The summed E-state index contributed by atoms with van der Waals surface area (Å²) in [6, 6.07) is 16.4. The molecule has 2 fully saturated rings. The molecule has 0 bridgehead atoms. The number of para-hydroxylation sites is 2. The smallest absolute Gasteiger partial charge is 0.253 e. The SMILES string of the molecule is COc1ccccc1N1CCN(C2CCCN(C(=O)c3ccc4oc(C)cc4c3)C2)CC1. The predicted octanol–water partition coefficient (Wildman–Crippen LogP) is 4.18. The highest BCUT2D eigenvalue weighted by molar-refractivity contribution is 5.98. The molecule has 1 aromatic heterocycles. The zero-order chi connectivity index (χ0) is 22.1. The van der Waals surface area contributed by atoms with Gasteiger partial charge >= 0.3 is 0 Å².